The maximum atomic E-state index is 12.5. The Morgan fingerprint density at radius 2 is 2.04 bits per heavy atom. The summed E-state index contributed by atoms with van der Waals surface area (Å²) >= 11 is 0. The third-order valence-electron chi connectivity index (χ3n) is 5.00. The molecule has 0 aromatic heterocycles. The van der Waals surface area contributed by atoms with E-state index in [9.17, 15) is 4.79 Å². The lowest BCUT2D eigenvalue weighted by molar-refractivity contribution is 0.146. The van der Waals surface area contributed by atoms with Gasteiger partial charge in [0.2, 0.25) is 0 Å². The molecule has 2 aliphatic rings. The average molecular weight is 317 g/mol. The second-order valence-corrected chi connectivity index (χ2v) is 6.62. The smallest absolute Gasteiger partial charge is 0.321 e. The van der Waals surface area contributed by atoms with Gasteiger partial charge in [-0.1, -0.05) is 6.07 Å². The van der Waals surface area contributed by atoms with Crippen molar-refractivity contribution in [2.45, 2.75) is 32.7 Å². The van der Waals surface area contributed by atoms with Crippen molar-refractivity contribution in [2.75, 3.05) is 44.7 Å². The van der Waals surface area contributed by atoms with Gasteiger partial charge in [-0.3, -0.25) is 4.90 Å². The van der Waals surface area contributed by atoms with Gasteiger partial charge in [0.15, 0.2) is 0 Å². The first kappa shape index (κ1) is 16.3. The molecule has 0 saturated carbocycles. The number of hydrogen-bond acceptors (Lipinski definition) is 3. The maximum absolute atomic E-state index is 12.5. The lowest BCUT2D eigenvalue weighted by Gasteiger charge is -2.26. The van der Waals surface area contributed by atoms with Crippen molar-refractivity contribution >= 4 is 11.7 Å². The molecule has 1 unspecified atom stereocenters. The van der Waals surface area contributed by atoms with E-state index in [1.807, 2.05) is 17.0 Å². The van der Waals surface area contributed by atoms with Gasteiger partial charge in [0.05, 0.1) is 6.61 Å². The summed E-state index contributed by atoms with van der Waals surface area (Å²) in [5.74, 6) is 0. The zero-order valence-electron chi connectivity index (χ0n) is 14.2. The van der Waals surface area contributed by atoms with Crippen LogP contribution in [0.5, 0.6) is 0 Å². The number of aryl methyl sites for hydroxylation is 2. The number of carbonyl (C=O) groups is 1. The van der Waals surface area contributed by atoms with Crippen LogP contribution >= 0.6 is 0 Å². The first-order valence-electron chi connectivity index (χ1n) is 8.58. The Hall–Kier alpha value is -1.59. The predicted octanol–water partition coefficient (Wildman–Crippen LogP) is 2.63. The number of carbonyl (C=O) groups excluding carboxylic acids is 1. The van der Waals surface area contributed by atoms with Crippen LogP contribution in [0.25, 0.3) is 0 Å². The van der Waals surface area contributed by atoms with Crippen LogP contribution < -0.4 is 5.32 Å². The second-order valence-electron chi connectivity index (χ2n) is 6.62. The fourth-order valence-electron chi connectivity index (χ4n) is 3.34. The number of benzene rings is 1. The van der Waals surface area contributed by atoms with Crippen molar-refractivity contribution in [3.63, 3.8) is 0 Å². The van der Waals surface area contributed by atoms with Gasteiger partial charge in [-0.25, -0.2) is 4.79 Å². The lowest BCUT2D eigenvalue weighted by Crippen LogP contribution is -2.41. The number of nitrogens with zero attached hydrogens (tertiary/aromatic N) is 2. The van der Waals surface area contributed by atoms with E-state index in [0.29, 0.717) is 6.04 Å². The zero-order chi connectivity index (χ0) is 16.2. The summed E-state index contributed by atoms with van der Waals surface area (Å²) in [5.41, 5.74) is 3.32. The van der Waals surface area contributed by atoms with E-state index < -0.39 is 0 Å². The number of hydrogen-bond donors (Lipinski definition) is 1. The highest BCUT2D eigenvalue weighted by Gasteiger charge is 2.26. The Balaban J connectivity index is 1.56. The summed E-state index contributed by atoms with van der Waals surface area (Å²) in [6.45, 7) is 9.46. The fraction of sp³-hybridized carbons (Fsp3) is 0.611. The van der Waals surface area contributed by atoms with Crippen LogP contribution in [0, 0.1) is 13.8 Å². The molecule has 2 amide bonds. The van der Waals surface area contributed by atoms with Crippen LogP contribution in [-0.4, -0.2) is 61.3 Å². The molecule has 0 spiro atoms. The van der Waals surface area contributed by atoms with E-state index in [0.717, 1.165) is 57.9 Å². The molecule has 0 radical (unpaired) electrons. The quantitative estimate of drug-likeness (QED) is 0.912. The largest absolute Gasteiger partial charge is 0.380 e. The van der Waals surface area contributed by atoms with Gasteiger partial charge in [-0.2, -0.15) is 0 Å². The maximum Gasteiger partial charge on any atom is 0.321 e. The van der Waals surface area contributed by atoms with Gasteiger partial charge in [-0.15, -0.1) is 0 Å². The summed E-state index contributed by atoms with van der Waals surface area (Å²) in [6.07, 6.45) is 2.14. The molecule has 5 nitrogen and oxygen atoms in total. The Morgan fingerprint density at radius 3 is 2.78 bits per heavy atom. The minimum Gasteiger partial charge on any atom is -0.380 e. The molecule has 2 aliphatic heterocycles. The minimum absolute atomic E-state index is 0.0118. The van der Waals surface area contributed by atoms with Crippen LogP contribution in [0.4, 0.5) is 10.5 Å². The monoisotopic (exact) mass is 317 g/mol. The van der Waals surface area contributed by atoms with E-state index in [4.69, 9.17) is 4.74 Å². The first-order chi connectivity index (χ1) is 11.1. The third kappa shape index (κ3) is 4.03. The molecule has 23 heavy (non-hydrogen) atoms. The normalized spacial score (nSPS) is 22.9. The lowest BCUT2D eigenvalue weighted by atomic mass is 10.1. The molecule has 1 aromatic carbocycles. The van der Waals surface area contributed by atoms with Crippen LogP contribution in [0.15, 0.2) is 18.2 Å². The number of nitrogens with one attached hydrogen (secondary N) is 1. The number of rotatable bonds is 2. The molecule has 3 rings (SSSR count). The molecule has 2 saturated heterocycles. The molecule has 5 heteroatoms. The van der Waals surface area contributed by atoms with Crippen LogP contribution in [-0.2, 0) is 4.74 Å². The Kier molecular flexibility index (Phi) is 5.18. The molecular formula is C18H27N3O2. The van der Waals surface area contributed by atoms with Gasteiger partial charge < -0.3 is 15.0 Å². The van der Waals surface area contributed by atoms with E-state index in [1.54, 1.807) is 0 Å². The average Bonchev–Trinajstić information content (AvgIpc) is 2.95. The summed E-state index contributed by atoms with van der Waals surface area (Å²) in [5, 5.41) is 3.04. The van der Waals surface area contributed by atoms with Crippen molar-refractivity contribution in [3.8, 4) is 0 Å². The molecule has 1 aromatic rings. The van der Waals surface area contributed by atoms with E-state index in [1.165, 1.54) is 11.1 Å². The predicted molar refractivity (Wildman–Crippen MR) is 91.9 cm³/mol. The Morgan fingerprint density at radius 1 is 1.17 bits per heavy atom. The molecule has 2 fully saturated rings. The summed E-state index contributed by atoms with van der Waals surface area (Å²) in [7, 11) is 0. The Bertz CT molecular complexity index is 555. The summed E-state index contributed by atoms with van der Waals surface area (Å²) in [6, 6.07) is 6.61. The van der Waals surface area contributed by atoms with Gasteiger partial charge in [0.25, 0.3) is 0 Å². The second kappa shape index (κ2) is 7.32. The molecular weight excluding hydrogens is 290 g/mol. The highest BCUT2D eigenvalue weighted by atomic mass is 16.5. The number of urea groups is 1. The minimum atomic E-state index is 0.0118. The molecule has 0 bridgehead atoms. The number of ether oxygens (including phenoxy) is 1. The van der Waals surface area contributed by atoms with Gasteiger partial charge >= 0.3 is 6.03 Å². The van der Waals surface area contributed by atoms with Crippen molar-refractivity contribution < 1.29 is 9.53 Å². The highest BCUT2D eigenvalue weighted by molar-refractivity contribution is 5.89. The molecule has 1 N–H and O–H groups in total. The molecule has 0 aliphatic carbocycles. The van der Waals surface area contributed by atoms with Crippen LogP contribution in [0.3, 0.4) is 0 Å². The van der Waals surface area contributed by atoms with Crippen molar-refractivity contribution in [2.24, 2.45) is 0 Å². The van der Waals surface area contributed by atoms with E-state index in [-0.39, 0.29) is 6.03 Å². The van der Waals surface area contributed by atoms with Crippen LogP contribution in [0.1, 0.15) is 24.0 Å². The summed E-state index contributed by atoms with van der Waals surface area (Å²) < 4.78 is 5.49. The first-order valence-corrected chi connectivity index (χ1v) is 8.58. The molecule has 126 valence electrons. The Labute approximate surface area is 138 Å². The third-order valence-corrected chi connectivity index (χ3v) is 5.00. The van der Waals surface area contributed by atoms with Crippen molar-refractivity contribution in [1.82, 2.24) is 9.80 Å². The van der Waals surface area contributed by atoms with Gasteiger partial charge in [0.1, 0.15) is 0 Å². The summed E-state index contributed by atoms with van der Waals surface area (Å²) in [4.78, 5) is 16.9. The van der Waals surface area contributed by atoms with E-state index >= 15 is 0 Å². The number of amides is 2. The van der Waals surface area contributed by atoms with Gasteiger partial charge in [-0.05, 0) is 49.9 Å². The molecule has 1 atom stereocenters. The SMILES string of the molecule is Cc1ccc(NC(=O)N2CCCN(C3CCOC3)CC2)cc1C. The topological polar surface area (TPSA) is 44.8 Å². The van der Waals surface area contributed by atoms with Crippen LogP contribution in [0.2, 0.25) is 0 Å². The van der Waals surface area contributed by atoms with Crippen molar-refractivity contribution in [1.29, 1.82) is 0 Å². The van der Waals surface area contributed by atoms with Gasteiger partial charge in [0, 0.05) is 44.5 Å². The standard InChI is InChI=1S/C18H27N3O2/c1-14-4-5-16(12-15(14)2)19-18(22)21-8-3-7-20(9-10-21)17-6-11-23-13-17/h4-5,12,17H,3,6-11,13H2,1-2H3,(H,19,22). The highest BCUT2D eigenvalue weighted by Crippen LogP contribution is 2.17. The zero-order valence-corrected chi connectivity index (χ0v) is 14.2. The molecule has 2 heterocycles. The number of anilines is 1. The fourth-order valence-corrected chi connectivity index (χ4v) is 3.34. The van der Waals surface area contributed by atoms with E-state index in [2.05, 4.69) is 30.1 Å². The van der Waals surface area contributed by atoms with Crippen molar-refractivity contribution in [3.05, 3.63) is 29.3 Å².